The summed E-state index contributed by atoms with van der Waals surface area (Å²) in [5.41, 5.74) is 0.903. The van der Waals surface area contributed by atoms with Crippen molar-refractivity contribution in [1.29, 1.82) is 0 Å². The summed E-state index contributed by atoms with van der Waals surface area (Å²) in [5, 5.41) is 11.1. The molecule has 0 spiro atoms. The number of sulfonamides is 1. The molecule has 0 radical (unpaired) electrons. The van der Waals surface area contributed by atoms with Gasteiger partial charge in [0.25, 0.3) is 5.91 Å². The molecule has 0 fully saturated rings. The van der Waals surface area contributed by atoms with E-state index in [0.29, 0.717) is 12.0 Å². The first-order chi connectivity index (χ1) is 10.3. The van der Waals surface area contributed by atoms with Crippen LogP contribution in [0.3, 0.4) is 0 Å². The lowest BCUT2D eigenvalue weighted by atomic mass is 10.1. The fourth-order valence-electron chi connectivity index (χ4n) is 1.82. The van der Waals surface area contributed by atoms with E-state index < -0.39 is 21.9 Å². The van der Waals surface area contributed by atoms with E-state index in [4.69, 9.17) is 5.11 Å². The number of carboxylic acid groups (broad SMARTS) is 1. The van der Waals surface area contributed by atoms with Gasteiger partial charge in [0.1, 0.15) is 0 Å². The predicted octanol–water partition coefficient (Wildman–Crippen LogP) is 0.888. The lowest BCUT2D eigenvalue weighted by Crippen LogP contribution is -2.27. The number of hydrogen-bond donors (Lipinski definition) is 3. The Hall–Kier alpha value is -1.93. The minimum absolute atomic E-state index is 0.0237. The summed E-state index contributed by atoms with van der Waals surface area (Å²) in [6.45, 7) is 3.85. The van der Waals surface area contributed by atoms with Crippen LogP contribution in [0.15, 0.2) is 23.1 Å². The zero-order valence-corrected chi connectivity index (χ0v) is 13.4. The summed E-state index contributed by atoms with van der Waals surface area (Å²) in [6.07, 6.45) is 0.281. The van der Waals surface area contributed by atoms with Gasteiger partial charge in [0, 0.05) is 25.1 Å². The van der Waals surface area contributed by atoms with Crippen molar-refractivity contribution in [3.63, 3.8) is 0 Å². The molecular formula is C14H20N2O5S. The number of carbonyl (C=O) groups excluding carboxylic acids is 1. The molecule has 0 heterocycles. The van der Waals surface area contributed by atoms with Gasteiger partial charge in [-0.3, -0.25) is 9.59 Å². The fourth-order valence-corrected chi connectivity index (χ4v) is 2.89. The van der Waals surface area contributed by atoms with Gasteiger partial charge in [-0.25, -0.2) is 13.1 Å². The highest BCUT2D eigenvalue weighted by Crippen LogP contribution is 2.15. The van der Waals surface area contributed by atoms with Gasteiger partial charge in [0.05, 0.1) is 4.90 Å². The minimum atomic E-state index is -3.63. The number of carboxylic acids is 1. The third kappa shape index (κ3) is 5.12. The lowest BCUT2D eigenvalue weighted by molar-refractivity contribution is -0.137. The summed E-state index contributed by atoms with van der Waals surface area (Å²) in [4.78, 5) is 22.5. The lowest BCUT2D eigenvalue weighted by Gasteiger charge is -2.10. The van der Waals surface area contributed by atoms with Gasteiger partial charge < -0.3 is 10.4 Å². The van der Waals surface area contributed by atoms with E-state index in [9.17, 15) is 18.0 Å². The van der Waals surface area contributed by atoms with Crippen LogP contribution in [0.2, 0.25) is 0 Å². The Morgan fingerprint density at radius 1 is 1.27 bits per heavy atom. The second-order valence-corrected chi connectivity index (χ2v) is 6.50. The molecule has 1 amide bonds. The minimum Gasteiger partial charge on any atom is -0.481 e. The van der Waals surface area contributed by atoms with Crippen LogP contribution in [-0.2, 0) is 14.8 Å². The Balaban J connectivity index is 2.86. The van der Waals surface area contributed by atoms with E-state index in [1.54, 1.807) is 19.9 Å². The maximum atomic E-state index is 12.1. The molecule has 3 N–H and O–H groups in total. The third-order valence-electron chi connectivity index (χ3n) is 2.95. The Morgan fingerprint density at radius 2 is 1.95 bits per heavy atom. The number of amides is 1. The molecule has 0 atom stereocenters. The van der Waals surface area contributed by atoms with Gasteiger partial charge >= 0.3 is 5.97 Å². The molecule has 0 aromatic heterocycles. The van der Waals surface area contributed by atoms with Crippen LogP contribution in [0.1, 0.15) is 35.7 Å². The van der Waals surface area contributed by atoms with Crippen molar-refractivity contribution in [2.75, 3.05) is 13.1 Å². The average Bonchev–Trinajstić information content (AvgIpc) is 2.43. The zero-order chi connectivity index (χ0) is 16.8. The average molecular weight is 328 g/mol. The number of rotatable bonds is 8. The quantitative estimate of drug-likeness (QED) is 0.613. The number of aryl methyl sites for hydroxylation is 1. The summed E-state index contributed by atoms with van der Waals surface area (Å²) in [6, 6.07) is 4.32. The molecule has 0 saturated carbocycles. The van der Waals surface area contributed by atoms with Crippen molar-refractivity contribution >= 4 is 21.9 Å². The van der Waals surface area contributed by atoms with Gasteiger partial charge in [-0.15, -0.1) is 0 Å². The van der Waals surface area contributed by atoms with Crippen molar-refractivity contribution < 1.29 is 23.1 Å². The number of carbonyl (C=O) groups is 2. The van der Waals surface area contributed by atoms with E-state index in [1.165, 1.54) is 12.1 Å². The predicted molar refractivity (Wildman–Crippen MR) is 81.2 cm³/mol. The number of nitrogens with one attached hydrogen (secondary N) is 2. The van der Waals surface area contributed by atoms with Crippen molar-refractivity contribution in [1.82, 2.24) is 10.0 Å². The van der Waals surface area contributed by atoms with Crippen molar-refractivity contribution in [2.24, 2.45) is 0 Å². The first kappa shape index (κ1) is 18.1. The van der Waals surface area contributed by atoms with Crippen molar-refractivity contribution in [3.8, 4) is 0 Å². The maximum Gasteiger partial charge on any atom is 0.303 e. The first-order valence-electron chi connectivity index (χ1n) is 6.88. The van der Waals surface area contributed by atoms with Crippen molar-refractivity contribution in [2.45, 2.75) is 31.6 Å². The number of hydrogen-bond acceptors (Lipinski definition) is 4. The molecule has 0 aliphatic rings. The second kappa shape index (κ2) is 7.90. The molecule has 7 nitrogen and oxygen atoms in total. The molecule has 0 bridgehead atoms. The fraction of sp³-hybridized carbons (Fsp3) is 0.429. The van der Waals surface area contributed by atoms with Gasteiger partial charge in [-0.05, 0) is 31.0 Å². The molecular weight excluding hydrogens is 308 g/mol. The second-order valence-electron chi connectivity index (χ2n) is 4.73. The van der Waals surface area contributed by atoms with Crippen LogP contribution < -0.4 is 10.0 Å². The number of aliphatic carboxylic acids is 1. The van der Waals surface area contributed by atoms with Crippen LogP contribution in [0.25, 0.3) is 0 Å². The van der Waals surface area contributed by atoms with Crippen LogP contribution in [0.4, 0.5) is 0 Å². The highest BCUT2D eigenvalue weighted by atomic mass is 32.2. The molecule has 0 unspecified atom stereocenters. The van der Waals surface area contributed by atoms with E-state index in [2.05, 4.69) is 10.0 Å². The van der Waals surface area contributed by atoms with Gasteiger partial charge in [0.15, 0.2) is 0 Å². The SMILES string of the molecule is CCNS(=O)(=O)c1ccc(C)c(C(=O)NCCCC(=O)O)c1. The molecule has 1 rings (SSSR count). The highest BCUT2D eigenvalue weighted by molar-refractivity contribution is 7.89. The van der Waals surface area contributed by atoms with E-state index in [0.717, 1.165) is 0 Å². The largest absolute Gasteiger partial charge is 0.481 e. The Labute approximate surface area is 129 Å². The first-order valence-corrected chi connectivity index (χ1v) is 8.36. The molecule has 1 aromatic rings. The third-order valence-corrected chi connectivity index (χ3v) is 4.49. The Bertz CT molecular complexity index is 655. The van der Waals surface area contributed by atoms with E-state index in [-0.39, 0.29) is 30.0 Å². The summed E-state index contributed by atoms with van der Waals surface area (Å²) < 4.78 is 26.3. The highest BCUT2D eigenvalue weighted by Gasteiger charge is 2.17. The Morgan fingerprint density at radius 3 is 2.55 bits per heavy atom. The molecule has 1 aromatic carbocycles. The summed E-state index contributed by atoms with van der Waals surface area (Å²) in [5.74, 6) is -1.35. The Kier molecular flexibility index (Phi) is 6.51. The van der Waals surface area contributed by atoms with Gasteiger partial charge in [0.2, 0.25) is 10.0 Å². The van der Waals surface area contributed by atoms with Crippen LogP contribution >= 0.6 is 0 Å². The maximum absolute atomic E-state index is 12.1. The molecule has 8 heteroatoms. The molecule has 0 saturated heterocycles. The topological polar surface area (TPSA) is 113 Å². The monoisotopic (exact) mass is 328 g/mol. The van der Waals surface area contributed by atoms with Crippen molar-refractivity contribution in [3.05, 3.63) is 29.3 Å². The summed E-state index contributed by atoms with van der Waals surface area (Å²) in [7, 11) is -3.63. The van der Waals surface area contributed by atoms with E-state index >= 15 is 0 Å². The molecule has 0 aliphatic heterocycles. The van der Waals surface area contributed by atoms with Crippen LogP contribution in [-0.4, -0.2) is 38.5 Å². The standard InChI is InChI=1S/C14H20N2O5S/c1-3-16-22(20,21)11-7-6-10(2)12(9-11)14(19)15-8-4-5-13(17)18/h6-7,9,16H,3-5,8H2,1-2H3,(H,15,19)(H,17,18). The normalized spacial score (nSPS) is 11.2. The van der Waals surface area contributed by atoms with E-state index in [1.807, 2.05) is 0 Å². The van der Waals surface area contributed by atoms with Crippen LogP contribution in [0.5, 0.6) is 0 Å². The smallest absolute Gasteiger partial charge is 0.303 e. The molecule has 122 valence electrons. The van der Waals surface area contributed by atoms with Crippen LogP contribution in [0, 0.1) is 6.92 Å². The molecule has 22 heavy (non-hydrogen) atoms. The summed E-state index contributed by atoms with van der Waals surface area (Å²) >= 11 is 0. The zero-order valence-electron chi connectivity index (χ0n) is 12.5. The van der Waals surface area contributed by atoms with Gasteiger partial charge in [-0.1, -0.05) is 13.0 Å². The van der Waals surface area contributed by atoms with Gasteiger partial charge in [-0.2, -0.15) is 0 Å². The molecule has 0 aliphatic carbocycles. The number of benzene rings is 1.